The Morgan fingerprint density at radius 3 is 2.40 bits per heavy atom. The van der Waals surface area contributed by atoms with Gasteiger partial charge in [0.05, 0.1) is 12.1 Å². The quantitative estimate of drug-likeness (QED) is 0.150. The summed E-state index contributed by atoms with van der Waals surface area (Å²) in [6.45, 7) is 13.4. The summed E-state index contributed by atoms with van der Waals surface area (Å²) < 4.78 is 0. The van der Waals surface area contributed by atoms with E-state index in [4.69, 9.17) is 4.84 Å². The van der Waals surface area contributed by atoms with Gasteiger partial charge in [-0.15, -0.1) is 0 Å². The fourth-order valence-corrected chi connectivity index (χ4v) is 7.85. The molecule has 1 aromatic heterocycles. The van der Waals surface area contributed by atoms with Crippen LogP contribution in [-0.2, 0) is 30.4 Å². The molecule has 2 saturated heterocycles. The van der Waals surface area contributed by atoms with Crippen molar-refractivity contribution in [2.45, 2.75) is 89.8 Å². The summed E-state index contributed by atoms with van der Waals surface area (Å²) in [5.74, 6) is -2.55. The first-order chi connectivity index (χ1) is 21.2. The fourth-order valence-electron chi connectivity index (χ4n) is 7.41. The van der Waals surface area contributed by atoms with E-state index in [2.05, 4.69) is 34.8 Å². The van der Waals surface area contributed by atoms with Crippen molar-refractivity contribution in [3.05, 3.63) is 56.9 Å². The van der Waals surface area contributed by atoms with Crippen LogP contribution in [0, 0.1) is 24.7 Å². The first kappa shape index (κ1) is 32.6. The van der Waals surface area contributed by atoms with Crippen molar-refractivity contribution in [3.8, 4) is 0 Å². The molecule has 0 bridgehead atoms. The van der Waals surface area contributed by atoms with Crippen LogP contribution in [-0.4, -0.2) is 67.1 Å². The van der Waals surface area contributed by atoms with Gasteiger partial charge in [-0.05, 0) is 68.0 Å². The molecule has 5 rings (SSSR count). The van der Waals surface area contributed by atoms with Crippen LogP contribution in [0.5, 0.6) is 0 Å². The Balaban J connectivity index is 1.57. The number of thiol groups is 1. The molecule has 7 atom stereocenters. The normalized spacial score (nSPS) is 30.6. The maximum atomic E-state index is 12.6. The summed E-state index contributed by atoms with van der Waals surface area (Å²) in [7, 11) is 0. The van der Waals surface area contributed by atoms with Gasteiger partial charge in [-0.2, -0.15) is 12.6 Å². The third-order valence-corrected chi connectivity index (χ3v) is 10.3. The molecule has 5 N–H and O–H groups in total. The number of aliphatic carboxylic acids is 2. The number of carboxylic acids is 2. The maximum absolute atomic E-state index is 12.6. The molecule has 45 heavy (non-hydrogen) atoms. The molecule has 0 saturated carbocycles. The van der Waals surface area contributed by atoms with Gasteiger partial charge in [0.1, 0.15) is 0 Å². The Morgan fingerprint density at radius 2 is 1.80 bits per heavy atom. The van der Waals surface area contributed by atoms with E-state index in [1.807, 2.05) is 46.8 Å². The van der Waals surface area contributed by atoms with Gasteiger partial charge in [-0.1, -0.05) is 26.5 Å². The number of aromatic nitrogens is 1. The zero-order valence-corrected chi connectivity index (χ0v) is 27.2. The highest BCUT2D eigenvalue weighted by molar-refractivity contribution is 7.80. The third kappa shape index (κ3) is 5.85. The summed E-state index contributed by atoms with van der Waals surface area (Å²) in [4.78, 5) is 58.1. The van der Waals surface area contributed by atoms with E-state index < -0.39 is 17.7 Å². The molecule has 242 valence electrons. The van der Waals surface area contributed by atoms with Crippen LogP contribution in [0.3, 0.4) is 0 Å². The predicted octanol–water partition coefficient (Wildman–Crippen LogP) is 2.07. The number of nitrogens with one attached hydrogen (secondary N) is 3. The van der Waals surface area contributed by atoms with Crippen LogP contribution in [0.2, 0.25) is 0 Å². The Morgan fingerprint density at radius 1 is 1.11 bits per heavy atom. The number of carbonyl (C=O) groups excluding carboxylic acids is 2. The Hall–Kier alpha value is -3.77. The van der Waals surface area contributed by atoms with Crippen molar-refractivity contribution >= 4 is 48.5 Å². The Kier molecular flexibility index (Phi) is 8.85. The highest BCUT2D eigenvalue weighted by Gasteiger charge is 2.65. The number of hydrogen-bond donors (Lipinski definition) is 6. The lowest BCUT2D eigenvalue weighted by Crippen LogP contribution is -2.33. The minimum Gasteiger partial charge on any atom is -0.481 e. The molecule has 2 unspecified atom stereocenters. The lowest BCUT2D eigenvalue weighted by molar-refractivity contribution is -0.138. The molecule has 0 aliphatic carbocycles. The predicted molar refractivity (Wildman–Crippen MR) is 171 cm³/mol. The lowest BCUT2D eigenvalue weighted by atomic mass is 9.87. The Bertz CT molecular complexity index is 1660. The number of H-pyrrole nitrogens is 1. The summed E-state index contributed by atoms with van der Waals surface area (Å²) in [5.41, 5.74) is 4.05. The largest absolute Gasteiger partial charge is 0.481 e. The molecular formula is C33H42N4O7S. The van der Waals surface area contributed by atoms with Gasteiger partial charge in [0.25, 0.3) is 5.91 Å². The molecule has 2 fully saturated rings. The molecule has 11 nitrogen and oxygen atoms in total. The van der Waals surface area contributed by atoms with Crippen molar-refractivity contribution < 1.29 is 34.2 Å². The summed E-state index contributed by atoms with van der Waals surface area (Å²) in [6.07, 6.45) is 6.42. The number of amides is 2. The standard InChI is InChI=1S/C33H42N4O7S/c1-7-20-15(2)24(35-32(20)43)13-27-17(4)22(9-11-29(40)41)33(37(27)44-33)14-26-21(8-10-28(38)39)16(3)23(34-26)12-25-30(19(6)45)18(5)31(42)36-25/h7,12,14,18-19,22,24-25,30,34,45H,1,8-11,13H2,2-6H3,(H,35,43)(H,36,42)(H,38,39)(H,40,41)/b23-12+,26-14-/t18-,19-,22?,24-,25?,30+,33-,37?/m1/s1. The van der Waals surface area contributed by atoms with Gasteiger partial charge in [0, 0.05) is 64.2 Å². The average Bonchev–Trinajstić information content (AvgIpc) is 3.23. The molecule has 5 heterocycles. The molecule has 4 aliphatic heterocycles. The molecule has 2 amide bonds. The molecule has 12 heteroatoms. The fraction of sp³-hybridized carbons (Fsp3) is 0.515. The van der Waals surface area contributed by atoms with Crippen LogP contribution in [0.1, 0.15) is 64.5 Å². The average molecular weight is 639 g/mol. The molecule has 0 aromatic carbocycles. The SMILES string of the molecule is C=CC1=C(C)[C@@H](CC2=C(C)C(CCC(=O)O)[C@@]3(/C=c4\[nH]/c(=C/C5NC(=O)[C@H](C)[C@H]5[C@@H](C)S)c(C)c4CCC(=O)O)ON23)NC1=O. The molecular weight excluding hydrogens is 596 g/mol. The summed E-state index contributed by atoms with van der Waals surface area (Å²) in [6, 6.07) is -0.505. The number of carbonyl (C=O) groups is 4. The second-order valence-corrected chi connectivity index (χ2v) is 13.5. The first-order valence-corrected chi connectivity index (χ1v) is 15.9. The van der Waals surface area contributed by atoms with Gasteiger partial charge in [-0.3, -0.25) is 19.2 Å². The van der Waals surface area contributed by atoms with E-state index in [0.717, 1.165) is 33.3 Å². The molecule has 0 spiro atoms. The Labute approximate surface area is 267 Å². The number of fused-ring (bicyclic) bond motifs is 1. The molecule has 0 radical (unpaired) electrons. The second kappa shape index (κ2) is 12.2. The summed E-state index contributed by atoms with van der Waals surface area (Å²) >= 11 is 4.65. The van der Waals surface area contributed by atoms with Crippen LogP contribution in [0.4, 0.5) is 0 Å². The van der Waals surface area contributed by atoms with Crippen LogP contribution < -0.4 is 21.3 Å². The minimum absolute atomic E-state index is 0.0286. The van der Waals surface area contributed by atoms with Crippen LogP contribution >= 0.6 is 12.6 Å². The molecule has 4 aliphatic rings. The number of rotatable bonds is 12. The van der Waals surface area contributed by atoms with Crippen molar-refractivity contribution in [2.75, 3.05) is 0 Å². The second-order valence-electron chi connectivity index (χ2n) is 12.7. The van der Waals surface area contributed by atoms with Crippen LogP contribution in [0.15, 0.2) is 35.1 Å². The first-order valence-electron chi connectivity index (χ1n) is 15.4. The highest BCUT2D eigenvalue weighted by atomic mass is 32.1. The number of nitrogens with zero attached hydrogens (tertiary/aromatic N) is 1. The molecule has 1 aromatic rings. The van der Waals surface area contributed by atoms with Gasteiger partial charge in [-0.25, -0.2) is 9.90 Å². The van der Waals surface area contributed by atoms with E-state index in [9.17, 15) is 29.4 Å². The van der Waals surface area contributed by atoms with E-state index in [1.54, 1.807) is 11.1 Å². The van der Waals surface area contributed by atoms with Crippen molar-refractivity contribution in [2.24, 2.45) is 17.8 Å². The van der Waals surface area contributed by atoms with Crippen molar-refractivity contribution in [1.82, 2.24) is 20.7 Å². The zero-order valence-electron chi connectivity index (χ0n) is 26.3. The van der Waals surface area contributed by atoms with Crippen LogP contribution in [0.25, 0.3) is 12.2 Å². The minimum atomic E-state index is -0.957. The van der Waals surface area contributed by atoms with E-state index >= 15 is 0 Å². The number of hydrogen-bond acceptors (Lipinski definition) is 7. The van der Waals surface area contributed by atoms with Gasteiger partial charge < -0.3 is 25.8 Å². The van der Waals surface area contributed by atoms with E-state index in [1.165, 1.54) is 0 Å². The van der Waals surface area contributed by atoms with E-state index in [0.29, 0.717) is 23.8 Å². The monoisotopic (exact) mass is 638 g/mol. The maximum Gasteiger partial charge on any atom is 0.303 e. The van der Waals surface area contributed by atoms with Gasteiger partial charge in [0.2, 0.25) is 11.6 Å². The zero-order chi connectivity index (χ0) is 33.0. The smallest absolute Gasteiger partial charge is 0.303 e. The van der Waals surface area contributed by atoms with Gasteiger partial charge >= 0.3 is 11.9 Å². The topological polar surface area (TPSA) is 164 Å². The summed E-state index contributed by atoms with van der Waals surface area (Å²) in [5, 5.41) is 28.4. The number of hydroxylamine groups is 2. The third-order valence-electron chi connectivity index (χ3n) is 10.00. The highest BCUT2D eigenvalue weighted by Crippen LogP contribution is 2.58. The number of carboxylic acid groups (broad SMARTS) is 2. The van der Waals surface area contributed by atoms with E-state index in [-0.39, 0.29) is 66.2 Å². The van der Waals surface area contributed by atoms with Crippen molar-refractivity contribution in [3.63, 3.8) is 0 Å². The van der Waals surface area contributed by atoms with Gasteiger partial charge in [0.15, 0.2) is 0 Å². The lowest BCUT2D eigenvalue weighted by Gasteiger charge is -2.21. The van der Waals surface area contributed by atoms with Crippen molar-refractivity contribution in [1.29, 1.82) is 0 Å². The number of aromatic amines is 1.